The molecule has 0 unspecified atom stereocenters. The molecule has 0 bridgehead atoms. The van der Waals surface area contributed by atoms with Crippen LogP contribution in [0.5, 0.6) is 5.75 Å². The normalized spacial score (nSPS) is 11.7. The Morgan fingerprint density at radius 3 is 1.27 bits per heavy atom. The second kappa shape index (κ2) is 7.56. The molecule has 4 aromatic carbocycles. The van der Waals surface area contributed by atoms with Crippen molar-refractivity contribution >= 4 is 23.4 Å². The van der Waals surface area contributed by atoms with E-state index in [1.165, 1.54) is 15.9 Å². The van der Waals surface area contributed by atoms with E-state index < -0.39 is 7.49 Å². The van der Waals surface area contributed by atoms with Gasteiger partial charge < -0.3 is 0 Å². The molecule has 0 spiro atoms. The predicted octanol–water partition coefficient (Wildman–Crippen LogP) is 4.51. The summed E-state index contributed by atoms with van der Waals surface area (Å²) in [7, 11) is -2.68. The molecule has 0 N–H and O–H groups in total. The van der Waals surface area contributed by atoms with Crippen molar-refractivity contribution in [2.75, 3.05) is 0 Å². The van der Waals surface area contributed by atoms with Gasteiger partial charge in [-0.2, -0.15) is 0 Å². The molecule has 1 nitrogen and oxygen atoms in total. The molecule has 0 heterocycles. The zero-order valence-electron chi connectivity index (χ0n) is 14.4. The molecule has 0 aliphatic heterocycles. The van der Waals surface area contributed by atoms with E-state index in [1.54, 1.807) is 0 Å². The number of rotatable bonds is 5. The molecule has 0 saturated heterocycles. The van der Waals surface area contributed by atoms with Gasteiger partial charge in [0, 0.05) is 0 Å². The van der Waals surface area contributed by atoms with Crippen molar-refractivity contribution in [3.63, 3.8) is 0 Å². The van der Waals surface area contributed by atoms with Gasteiger partial charge in [0.2, 0.25) is 0 Å². The molecule has 0 saturated carbocycles. The van der Waals surface area contributed by atoms with Crippen LogP contribution in [0.1, 0.15) is 0 Å². The third-order valence-corrected chi connectivity index (χ3v) is 8.48. The van der Waals surface area contributed by atoms with Gasteiger partial charge in [0.15, 0.2) is 0 Å². The van der Waals surface area contributed by atoms with Gasteiger partial charge in [-0.3, -0.25) is 0 Å². The predicted molar refractivity (Wildman–Crippen MR) is 112 cm³/mol. The van der Waals surface area contributed by atoms with E-state index in [9.17, 15) is 0 Å². The van der Waals surface area contributed by atoms with Crippen LogP contribution in [0.3, 0.4) is 0 Å². The standard InChI is InChI=1S/C24H20OP/c1-5-13-21(14-6-1)25-26(22-15-7-2-8-16-22,23-17-9-3-10-18-23)24-19-11-4-12-20-24/h2-20,26H. The first kappa shape index (κ1) is 16.6. The van der Waals surface area contributed by atoms with E-state index in [0.29, 0.717) is 0 Å². The first-order chi connectivity index (χ1) is 12.9. The van der Waals surface area contributed by atoms with Crippen molar-refractivity contribution in [1.29, 1.82) is 0 Å². The molecule has 4 rings (SSSR count). The van der Waals surface area contributed by atoms with Crippen molar-refractivity contribution < 1.29 is 4.52 Å². The molecule has 0 amide bonds. The van der Waals surface area contributed by atoms with Crippen LogP contribution in [0, 0.1) is 6.07 Å². The maximum absolute atomic E-state index is 6.88. The molecule has 0 atom stereocenters. The van der Waals surface area contributed by atoms with E-state index in [2.05, 4.69) is 97.1 Å². The third-order valence-electron chi connectivity index (χ3n) is 4.50. The number of hydrogen-bond acceptors (Lipinski definition) is 1. The molecule has 0 fully saturated rings. The molecule has 1 radical (unpaired) electrons. The van der Waals surface area contributed by atoms with Gasteiger partial charge in [-0.25, -0.2) is 0 Å². The molecular formula is C24H20OP. The minimum absolute atomic E-state index is 0.868. The molecule has 26 heavy (non-hydrogen) atoms. The second-order valence-electron chi connectivity index (χ2n) is 6.12. The van der Waals surface area contributed by atoms with Crippen LogP contribution in [-0.2, 0) is 0 Å². The molecule has 0 aliphatic rings. The van der Waals surface area contributed by atoms with E-state index in [0.717, 1.165) is 5.75 Å². The topological polar surface area (TPSA) is 9.23 Å². The Kier molecular flexibility index (Phi) is 4.82. The fraction of sp³-hybridized carbons (Fsp3) is 0. The summed E-state index contributed by atoms with van der Waals surface area (Å²) in [4.78, 5) is 0. The van der Waals surface area contributed by atoms with Crippen molar-refractivity contribution in [3.8, 4) is 5.75 Å². The van der Waals surface area contributed by atoms with E-state index in [4.69, 9.17) is 4.52 Å². The van der Waals surface area contributed by atoms with Gasteiger partial charge in [-0.15, -0.1) is 0 Å². The molecule has 0 aromatic heterocycles. The third kappa shape index (κ3) is 3.14. The molecule has 4 aromatic rings. The van der Waals surface area contributed by atoms with Crippen molar-refractivity contribution in [2.45, 2.75) is 0 Å². The Balaban J connectivity index is 2.00. The Morgan fingerprint density at radius 2 is 0.885 bits per heavy atom. The Bertz CT molecular complexity index is 842. The summed E-state index contributed by atoms with van der Waals surface area (Å²) in [6, 6.07) is 42.6. The van der Waals surface area contributed by atoms with Crippen molar-refractivity contribution in [3.05, 3.63) is 121 Å². The van der Waals surface area contributed by atoms with Crippen LogP contribution in [0.15, 0.2) is 115 Å². The maximum atomic E-state index is 6.88. The zero-order chi connectivity index (χ0) is 17.7. The molecular weight excluding hydrogens is 335 g/mol. The van der Waals surface area contributed by atoms with E-state index in [-0.39, 0.29) is 0 Å². The van der Waals surface area contributed by atoms with Crippen molar-refractivity contribution in [2.24, 2.45) is 0 Å². The summed E-state index contributed by atoms with van der Waals surface area (Å²) in [5.74, 6) is 0.868. The number of hydrogen-bond donors (Lipinski definition) is 0. The van der Waals surface area contributed by atoms with Gasteiger partial charge in [-0.1, -0.05) is 0 Å². The minimum atomic E-state index is -2.68. The summed E-state index contributed by atoms with van der Waals surface area (Å²) in [5.41, 5.74) is 0. The molecule has 2 heteroatoms. The fourth-order valence-electron chi connectivity index (χ4n) is 3.31. The van der Waals surface area contributed by atoms with Gasteiger partial charge in [0.1, 0.15) is 0 Å². The zero-order valence-corrected chi connectivity index (χ0v) is 15.4. The summed E-state index contributed by atoms with van der Waals surface area (Å²) in [6.07, 6.45) is 0. The van der Waals surface area contributed by atoms with Gasteiger partial charge in [0.25, 0.3) is 0 Å². The van der Waals surface area contributed by atoms with E-state index >= 15 is 0 Å². The van der Waals surface area contributed by atoms with E-state index in [1.807, 2.05) is 24.3 Å². The summed E-state index contributed by atoms with van der Waals surface area (Å²) >= 11 is 0. The van der Waals surface area contributed by atoms with Gasteiger partial charge >= 0.3 is 155 Å². The second-order valence-corrected chi connectivity index (χ2v) is 9.42. The average molecular weight is 355 g/mol. The summed E-state index contributed by atoms with van der Waals surface area (Å²) in [6.45, 7) is 0. The van der Waals surface area contributed by atoms with Crippen LogP contribution < -0.4 is 20.4 Å². The first-order valence-electron chi connectivity index (χ1n) is 8.71. The van der Waals surface area contributed by atoms with Crippen LogP contribution in [-0.4, -0.2) is 0 Å². The Labute approximate surface area is 155 Å². The SMILES string of the molecule is [c]1ccc(O[PH](c2ccccc2)(c2ccccc2)c2ccccc2)cc1. The van der Waals surface area contributed by atoms with Gasteiger partial charge in [-0.05, 0) is 0 Å². The monoisotopic (exact) mass is 355 g/mol. The Hall–Kier alpha value is -2.89. The molecule has 0 aliphatic carbocycles. The number of benzene rings is 4. The summed E-state index contributed by atoms with van der Waals surface area (Å²) in [5, 5.41) is 3.68. The average Bonchev–Trinajstić information content (AvgIpc) is 2.75. The van der Waals surface area contributed by atoms with Crippen LogP contribution in [0.4, 0.5) is 0 Å². The quantitative estimate of drug-likeness (QED) is 0.479. The summed E-state index contributed by atoms with van der Waals surface area (Å²) < 4.78 is 6.88. The van der Waals surface area contributed by atoms with Crippen LogP contribution >= 0.6 is 7.49 Å². The fourth-order valence-corrected chi connectivity index (χ4v) is 7.14. The van der Waals surface area contributed by atoms with Gasteiger partial charge in [0.05, 0.1) is 0 Å². The Morgan fingerprint density at radius 1 is 0.500 bits per heavy atom. The van der Waals surface area contributed by atoms with Crippen LogP contribution in [0.25, 0.3) is 0 Å². The van der Waals surface area contributed by atoms with Crippen LogP contribution in [0.2, 0.25) is 0 Å². The first-order valence-corrected chi connectivity index (χ1v) is 10.6. The molecule has 127 valence electrons. The van der Waals surface area contributed by atoms with Crippen molar-refractivity contribution in [1.82, 2.24) is 0 Å².